The molecular weight excluding hydrogens is 354 g/mol. The third kappa shape index (κ3) is 5.44. The minimum Gasteiger partial charge on any atom is -0.368 e. The van der Waals surface area contributed by atoms with Crippen LogP contribution in [0.15, 0.2) is 24.3 Å². The molecule has 0 bridgehead atoms. The topological polar surface area (TPSA) is 49.6 Å². The lowest BCUT2D eigenvalue weighted by atomic mass is 10.1. The van der Waals surface area contributed by atoms with Crippen molar-refractivity contribution in [3.05, 3.63) is 29.8 Å². The number of piperazine rings is 1. The van der Waals surface area contributed by atoms with Gasteiger partial charge in [0.15, 0.2) is 0 Å². The lowest BCUT2D eigenvalue weighted by Gasteiger charge is -2.37. The molecule has 132 valence electrons. The number of rotatable bonds is 2. The zero-order valence-corrected chi connectivity index (χ0v) is 14.2. The number of hydrogen-bond acceptors (Lipinski definition) is 3. The zero-order chi connectivity index (χ0) is 15.6. The highest BCUT2D eigenvalue weighted by Crippen LogP contribution is 2.31. The van der Waals surface area contributed by atoms with Crippen molar-refractivity contribution < 1.29 is 18.0 Å². The van der Waals surface area contributed by atoms with Gasteiger partial charge in [0.1, 0.15) is 0 Å². The molecule has 1 aromatic carbocycles. The molecule has 9 heteroatoms. The summed E-state index contributed by atoms with van der Waals surface area (Å²) in [6.45, 7) is 3.56. The van der Waals surface area contributed by atoms with Gasteiger partial charge in [-0.1, -0.05) is 6.07 Å². The van der Waals surface area contributed by atoms with E-state index in [2.05, 4.69) is 0 Å². The van der Waals surface area contributed by atoms with Crippen LogP contribution in [0.2, 0.25) is 0 Å². The van der Waals surface area contributed by atoms with Crippen LogP contribution in [0, 0.1) is 0 Å². The summed E-state index contributed by atoms with van der Waals surface area (Å²) in [5, 5.41) is 0. The van der Waals surface area contributed by atoms with E-state index in [0.29, 0.717) is 31.9 Å². The highest BCUT2D eigenvalue weighted by Gasteiger charge is 2.31. The molecule has 0 spiro atoms. The predicted octanol–water partition coefficient (Wildman–Crippen LogP) is 2.54. The fourth-order valence-electron chi connectivity index (χ4n) is 2.35. The van der Waals surface area contributed by atoms with Crippen molar-refractivity contribution in [1.82, 2.24) is 4.90 Å². The van der Waals surface area contributed by atoms with Crippen LogP contribution >= 0.6 is 24.8 Å². The second-order valence-corrected chi connectivity index (χ2v) is 5.15. The lowest BCUT2D eigenvalue weighted by Crippen LogP contribution is -2.52. The Morgan fingerprint density at radius 1 is 1.17 bits per heavy atom. The molecule has 4 nitrogen and oxygen atoms in total. The van der Waals surface area contributed by atoms with Crippen LogP contribution in [0.3, 0.4) is 0 Å². The Morgan fingerprint density at radius 3 is 2.22 bits per heavy atom. The summed E-state index contributed by atoms with van der Waals surface area (Å²) in [5.41, 5.74) is 5.42. The highest BCUT2D eigenvalue weighted by molar-refractivity contribution is 5.85. The van der Waals surface area contributed by atoms with E-state index in [1.807, 2.05) is 4.90 Å². The molecule has 0 aliphatic carbocycles. The van der Waals surface area contributed by atoms with Crippen LogP contribution in [-0.4, -0.2) is 43.0 Å². The van der Waals surface area contributed by atoms with Gasteiger partial charge in [0.2, 0.25) is 5.91 Å². The van der Waals surface area contributed by atoms with Gasteiger partial charge in [-0.2, -0.15) is 13.2 Å². The van der Waals surface area contributed by atoms with Gasteiger partial charge in [-0.15, -0.1) is 24.8 Å². The SMILES string of the molecule is C[C@H](N)C(=O)N1CCN(c2cccc(C(F)(F)F)c2)CC1.Cl.Cl. The summed E-state index contributed by atoms with van der Waals surface area (Å²) in [6, 6.07) is 4.70. The van der Waals surface area contributed by atoms with E-state index >= 15 is 0 Å². The van der Waals surface area contributed by atoms with Crippen LogP contribution < -0.4 is 10.6 Å². The third-order valence-corrected chi connectivity index (χ3v) is 3.52. The molecule has 0 radical (unpaired) electrons. The van der Waals surface area contributed by atoms with Crippen LogP contribution in [0.5, 0.6) is 0 Å². The Labute approximate surface area is 145 Å². The van der Waals surface area contributed by atoms with Gasteiger partial charge in [0.25, 0.3) is 0 Å². The normalized spacial score (nSPS) is 16.2. The first kappa shape index (κ1) is 21.8. The van der Waals surface area contributed by atoms with E-state index < -0.39 is 17.8 Å². The maximum atomic E-state index is 12.7. The van der Waals surface area contributed by atoms with Crippen LogP contribution in [-0.2, 0) is 11.0 Å². The fourth-order valence-corrected chi connectivity index (χ4v) is 2.35. The van der Waals surface area contributed by atoms with Crippen molar-refractivity contribution in [3.8, 4) is 0 Å². The molecule has 2 rings (SSSR count). The maximum Gasteiger partial charge on any atom is 0.416 e. The molecule has 1 atom stereocenters. The number of benzene rings is 1. The molecule has 1 fully saturated rings. The summed E-state index contributed by atoms with van der Waals surface area (Å²) < 4.78 is 38.1. The van der Waals surface area contributed by atoms with Crippen molar-refractivity contribution in [1.29, 1.82) is 0 Å². The second-order valence-electron chi connectivity index (χ2n) is 5.15. The minimum atomic E-state index is -4.34. The van der Waals surface area contributed by atoms with E-state index in [0.717, 1.165) is 12.1 Å². The minimum absolute atomic E-state index is 0. The summed E-state index contributed by atoms with van der Waals surface area (Å²) in [7, 11) is 0. The molecule has 1 amide bonds. The average molecular weight is 374 g/mol. The Bertz CT molecular complexity index is 518. The van der Waals surface area contributed by atoms with Crippen LogP contribution in [0.4, 0.5) is 18.9 Å². The Balaban J connectivity index is 0.00000242. The second kappa shape index (κ2) is 8.61. The average Bonchev–Trinajstić information content (AvgIpc) is 2.46. The largest absolute Gasteiger partial charge is 0.416 e. The fraction of sp³-hybridized carbons (Fsp3) is 0.500. The molecule has 2 N–H and O–H groups in total. The van der Waals surface area contributed by atoms with Crippen molar-refractivity contribution >= 4 is 36.4 Å². The number of carbonyl (C=O) groups excluding carboxylic acids is 1. The molecule has 1 aliphatic rings. The van der Waals surface area contributed by atoms with Crippen molar-refractivity contribution in [2.45, 2.75) is 19.1 Å². The van der Waals surface area contributed by atoms with Crippen LogP contribution in [0.1, 0.15) is 12.5 Å². The number of nitrogens with two attached hydrogens (primary N) is 1. The number of halogens is 5. The molecule has 23 heavy (non-hydrogen) atoms. The first-order valence-corrected chi connectivity index (χ1v) is 6.75. The summed E-state index contributed by atoms with van der Waals surface area (Å²) >= 11 is 0. The number of alkyl halides is 3. The van der Waals surface area contributed by atoms with Crippen LogP contribution in [0.25, 0.3) is 0 Å². The van der Waals surface area contributed by atoms with Crippen molar-refractivity contribution in [3.63, 3.8) is 0 Å². The van der Waals surface area contributed by atoms with E-state index in [9.17, 15) is 18.0 Å². The van der Waals surface area contributed by atoms with Gasteiger partial charge in [0.05, 0.1) is 11.6 Å². The molecule has 1 aromatic rings. The van der Waals surface area contributed by atoms with Gasteiger partial charge in [-0.05, 0) is 25.1 Å². The molecule has 0 aromatic heterocycles. The van der Waals surface area contributed by atoms with E-state index in [1.165, 1.54) is 6.07 Å². The number of anilines is 1. The summed E-state index contributed by atoms with van der Waals surface area (Å²) in [4.78, 5) is 15.3. The number of hydrogen-bond donors (Lipinski definition) is 1. The highest BCUT2D eigenvalue weighted by atomic mass is 35.5. The molecular formula is C14H20Cl2F3N3O. The molecule has 0 unspecified atom stereocenters. The summed E-state index contributed by atoms with van der Waals surface area (Å²) in [5.74, 6) is -0.126. The van der Waals surface area contributed by atoms with Crippen molar-refractivity contribution in [2.24, 2.45) is 5.73 Å². The first-order valence-electron chi connectivity index (χ1n) is 6.75. The van der Waals surface area contributed by atoms with Gasteiger partial charge in [-0.3, -0.25) is 4.79 Å². The van der Waals surface area contributed by atoms with Gasteiger partial charge in [-0.25, -0.2) is 0 Å². The monoisotopic (exact) mass is 373 g/mol. The van der Waals surface area contributed by atoms with Gasteiger partial charge >= 0.3 is 6.18 Å². The Kier molecular flexibility index (Phi) is 8.17. The molecule has 1 heterocycles. The molecule has 0 saturated carbocycles. The summed E-state index contributed by atoms with van der Waals surface area (Å²) in [6.07, 6.45) is -4.34. The predicted molar refractivity (Wildman–Crippen MR) is 88.4 cm³/mol. The number of carbonyl (C=O) groups is 1. The van der Waals surface area contributed by atoms with E-state index in [-0.39, 0.29) is 30.7 Å². The van der Waals surface area contributed by atoms with E-state index in [1.54, 1.807) is 17.9 Å². The number of amides is 1. The molecule has 1 aliphatic heterocycles. The molecule has 1 saturated heterocycles. The van der Waals surface area contributed by atoms with E-state index in [4.69, 9.17) is 5.73 Å². The Hall–Kier alpha value is -1.18. The third-order valence-electron chi connectivity index (χ3n) is 3.52. The van der Waals surface area contributed by atoms with Crippen molar-refractivity contribution in [2.75, 3.05) is 31.1 Å². The number of nitrogens with zero attached hydrogens (tertiary/aromatic N) is 2. The maximum absolute atomic E-state index is 12.7. The zero-order valence-electron chi connectivity index (χ0n) is 12.5. The Morgan fingerprint density at radius 2 is 1.74 bits per heavy atom. The standard InChI is InChI=1S/C14H18F3N3O.2ClH/c1-10(18)13(21)20-7-5-19(6-8-20)12-4-2-3-11(9-12)14(15,16)17;;/h2-4,9-10H,5-8,18H2,1H3;2*1H/t10-;;/m0../s1. The van der Waals surface area contributed by atoms with Gasteiger partial charge in [0, 0.05) is 31.9 Å². The quantitative estimate of drug-likeness (QED) is 0.866. The lowest BCUT2D eigenvalue weighted by molar-refractivity contribution is -0.137. The smallest absolute Gasteiger partial charge is 0.368 e. The van der Waals surface area contributed by atoms with Gasteiger partial charge < -0.3 is 15.5 Å². The first-order chi connectivity index (χ1) is 9.79.